The third kappa shape index (κ3) is 3.88. The quantitative estimate of drug-likeness (QED) is 0.692. The maximum atomic E-state index is 11.6. The molecule has 0 bridgehead atoms. The maximum absolute atomic E-state index is 11.6. The smallest absolute Gasteiger partial charge is 0.161 e. The second kappa shape index (κ2) is 4.63. The van der Waals surface area contributed by atoms with Crippen LogP contribution in [0.3, 0.4) is 0 Å². The van der Waals surface area contributed by atoms with Crippen molar-refractivity contribution < 1.29 is 4.79 Å². The fourth-order valence-electron chi connectivity index (χ4n) is 0.996. The van der Waals surface area contributed by atoms with Crippen molar-refractivity contribution in [2.45, 2.75) is 20.8 Å². The summed E-state index contributed by atoms with van der Waals surface area (Å²) in [6.45, 7) is 5.71. The number of hydrogen-bond acceptors (Lipinski definition) is 1. The van der Waals surface area contributed by atoms with Crippen molar-refractivity contribution in [1.82, 2.24) is 0 Å². The van der Waals surface area contributed by atoms with Crippen LogP contribution in [0.25, 0.3) is 6.08 Å². The summed E-state index contributed by atoms with van der Waals surface area (Å²) in [6, 6.07) is 7.38. The Morgan fingerprint density at radius 2 is 1.73 bits per heavy atom. The molecular weight excluding hydrogens is 208 g/mol. The fourth-order valence-corrected chi connectivity index (χ4v) is 1.12. The molecule has 0 atom stereocenters. The van der Waals surface area contributed by atoms with Gasteiger partial charge in [-0.25, -0.2) is 0 Å². The zero-order chi connectivity index (χ0) is 11.5. The number of rotatable bonds is 2. The normalized spacial score (nSPS) is 12.0. The molecule has 15 heavy (non-hydrogen) atoms. The lowest BCUT2D eigenvalue weighted by atomic mass is 9.90. The van der Waals surface area contributed by atoms with Crippen molar-refractivity contribution >= 4 is 23.5 Å². The van der Waals surface area contributed by atoms with Crippen LogP contribution < -0.4 is 0 Å². The molecule has 2 heteroatoms. The van der Waals surface area contributed by atoms with E-state index >= 15 is 0 Å². The zero-order valence-electron chi connectivity index (χ0n) is 9.25. The number of ketones is 1. The molecule has 0 aliphatic carbocycles. The molecular formula is C13H15ClO. The molecule has 0 aliphatic rings. The molecule has 1 nitrogen and oxygen atoms in total. The van der Waals surface area contributed by atoms with Crippen LogP contribution in [0.5, 0.6) is 0 Å². The average Bonchev–Trinajstić information content (AvgIpc) is 2.15. The highest BCUT2D eigenvalue weighted by atomic mass is 35.5. The third-order valence-corrected chi connectivity index (χ3v) is 2.29. The molecule has 1 rings (SSSR count). The Bertz CT molecular complexity index is 369. The van der Waals surface area contributed by atoms with Gasteiger partial charge in [0.15, 0.2) is 5.78 Å². The lowest BCUT2D eigenvalue weighted by Gasteiger charge is -2.12. The van der Waals surface area contributed by atoms with Crippen molar-refractivity contribution in [1.29, 1.82) is 0 Å². The number of halogens is 1. The predicted molar refractivity (Wildman–Crippen MR) is 64.9 cm³/mol. The Labute approximate surface area is 95.8 Å². The first-order valence-electron chi connectivity index (χ1n) is 4.88. The van der Waals surface area contributed by atoms with Gasteiger partial charge in [-0.3, -0.25) is 4.79 Å². The maximum Gasteiger partial charge on any atom is 0.161 e. The molecule has 80 valence electrons. The van der Waals surface area contributed by atoms with E-state index in [1.54, 1.807) is 6.08 Å². The van der Waals surface area contributed by atoms with Crippen LogP contribution in [0.1, 0.15) is 26.3 Å². The van der Waals surface area contributed by atoms with Crippen molar-refractivity contribution in [3.05, 3.63) is 40.9 Å². The predicted octanol–water partition coefficient (Wildman–Crippen LogP) is 3.97. The number of hydrogen-bond donors (Lipinski definition) is 0. The summed E-state index contributed by atoms with van der Waals surface area (Å²) in [7, 11) is 0. The Morgan fingerprint density at radius 1 is 1.20 bits per heavy atom. The molecule has 1 aromatic rings. The topological polar surface area (TPSA) is 17.1 Å². The van der Waals surface area contributed by atoms with Crippen molar-refractivity contribution in [2.75, 3.05) is 0 Å². The molecule has 0 amide bonds. The number of benzene rings is 1. The van der Waals surface area contributed by atoms with Gasteiger partial charge in [0.1, 0.15) is 0 Å². The molecule has 0 fully saturated rings. The van der Waals surface area contributed by atoms with Crippen LogP contribution in [0.2, 0.25) is 5.02 Å². The van der Waals surface area contributed by atoms with Crippen LogP contribution in [0.4, 0.5) is 0 Å². The second-order valence-electron chi connectivity index (χ2n) is 4.50. The Kier molecular flexibility index (Phi) is 3.70. The second-order valence-corrected chi connectivity index (χ2v) is 4.94. The van der Waals surface area contributed by atoms with E-state index in [9.17, 15) is 4.79 Å². The summed E-state index contributed by atoms with van der Waals surface area (Å²) < 4.78 is 0. The lowest BCUT2D eigenvalue weighted by Crippen LogP contribution is -2.17. The van der Waals surface area contributed by atoms with E-state index in [0.717, 1.165) is 5.56 Å². The van der Waals surface area contributed by atoms with E-state index in [1.165, 1.54) is 0 Å². The van der Waals surface area contributed by atoms with E-state index < -0.39 is 0 Å². The molecule has 0 radical (unpaired) electrons. The van der Waals surface area contributed by atoms with Crippen molar-refractivity contribution in [3.63, 3.8) is 0 Å². The summed E-state index contributed by atoms with van der Waals surface area (Å²) in [5.74, 6) is 0.123. The first-order valence-corrected chi connectivity index (χ1v) is 5.25. The van der Waals surface area contributed by atoms with Gasteiger partial charge in [0.25, 0.3) is 0 Å². The summed E-state index contributed by atoms with van der Waals surface area (Å²) >= 11 is 5.76. The molecule has 0 unspecified atom stereocenters. The summed E-state index contributed by atoms with van der Waals surface area (Å²) in [6.07, 6.45) is 3.42. The summed E-state index contributed by atoms with van der Waals surface area (Å²) in [5, 5.41) is 0.703. The fraction of sp³-hybridized carbons (Fsp3) is 0.308. The van der Waals surface area contributed by atoms with Gasteiger partial charge < -0.3 is 0 Å². The minimum atomic E-state index is -0.317. The number of carbonyl (C=O) groups excluding carboxylic acids is 1. The van der Waals surface area contributed by atoms with E-state index in [1.807, 2.05) is 51.1 Å². The van der Waals surface area contributed by atoms with Gasteiger partial charge in [-0.05, 0) is 23.8 Å². The summed E-state index contributed by atoms with van der Waals surface area (Å²) in [5.41, 5.74) is 0.667. The highest BCUT2D eigenvalue weighted by Gasteiger charge is 2.17. The molecule has 0 aliphatic heterocycles. The van der Waals surface area contributed by atoms with Crippen LogP contribution in [0, 0.1) is 5.41 Å². The number of carbonyl (C=O) groups is 1. The monoisotopic (exact) mass is 222 g/mol. The van der Waals surface area contributed by atoms with Crippen LogP contribution in [0.15, 0.2) is 30.3 Å². The van der Waals surface area contributed by atoms with Crippen molar-refractivity contribution in [2.24, 2.45) is 5.41 Å². The van der Waals surface area contributed by atoms with Crippen molar-refractivity contribution in [3.8, 4) is 0 Å². The molecule has 0 aromatic heterocycles. The van der Waals surface area contributed by atoms with Gasteiger partial charge in [0.05, 0.1) is 0 Å². The minimum Gasteiger partial charge on any atom is -0.294 e. The largest absolute Gasteiger partial charge is 0.294 e. The van der Waals surface area contributed by atoms with E-state index in [4.69, 9.17) is 11.6 Å². The van der Waals surface area contributed by atoms with E-state index in [0.29, 0.717) is 5.02 Å². The third-order valence-electron chi connectivity index (χ3n) is 2.04. The molecule has 0 N–H and O–H groups in total. The highest BCUT2D eigenvalue weighted by molar-refractivity contribution is 6.30. The average molecular weight is 223 g/mol. The van der Waals surface area contributed by atoms with Gasteiger partial charge in [0.2, 0.25) is 0 Å². The standard InChI is InChI=1S/C13H15ClO/c1-13(2,3)12(15)9-6-10-4-7-11(14)8-5-10/h4-9H,1-3H3/b9-6+. The van der Waals surface area contributed by atoms with Gasteiger partial charge in [0, 0.05) is 10.4 Å². The van der Waals surface area contributed by atoms with E-state index in [2.05, 4.69) is 0 Å². The van der Waals surface area contributed by atoms with Crippen LogP contribution >= 0.6 is 11.6 Å². The van der Waals surface area contributed by atoms with Gasteiger partial charge in [-0.15, -0.1) is 0 Å². The minimum absolute atomic E-state index is 0.123. The first-order chi connectivity index (χ1) is 6.89. The number of allylic oxidation sites excluding steroid dienone is 1. The van der Waals surface area contributed by atoms with Crippen LogP contribution in [-0.2, 0) is 4.79 Å². The molecule has 0 saturated carbocycles. The van der Waals surface area contributed by atoms with Crippen LogP contribution in [-0.4, -0.2) is 5.78 Å². The zero-order valence-corrected chi connectivity index (χ0v) is 10.0. The van der Waals surface area contributed by atoms with Gasteiger partial charge in [-0.2, -0.15) is 0 Å². The summed E-state index contributed by atoms with van der Waals surface area (Å²) in [4.78, 5) is 11.6. The SMILES string of the molecule is CC(C)(C)C(=O)/C=C/c1ccc(Cl)cc1. The Hall–Kier alpha value is -1.08. The first kappa shape index (κ1) is 12.0. The Balaban J connectivity index is 2.74. The molecule has 0 heterocycles. The van der Waals surface area contributed by atoms with Gasteiger partial charge >= 0.3 is 0 Å². The lowest BCUT2D eigenvalue weighted by molar-refractivity contribution is -0.121. The Morgan fingerprint density at radius 3 is 2.20 bits per heavy atom. The van der Waals surface area contributed by atoms with E-state index in [-0.39, 0.29) is 11.2 Å². The molecule has 0 spiro atoms. The van der Waals surface area contributed by atoms with Gasteiger partial charge in [-0.1, -0.05) is 50.6 Å². The molecule has 0 saturated heterocycles. The molecule has 1 aromatic carbocycles. The highest BCUT2D eigenvalue weighted by Crippen LogP contribution is 2.16.